The number of carbonyl (C=O) groups excluding carboxylic acids is 1. The highest BCUT2D eigenvalue weighted by atomic mass is 79.9. The zero-order valence-electron chi connectivity index (χ0n) is 16.8. The van der Waals surface area contributed by atoms with Crippen LogP contribution in [0.2, 0.25) is 0 Å². The number of halogens is 1. The lowest BCUT2D eigenvalue weighted by Gasteiger charge is -2.22. The molecule has 1 amide bonds. The maximum atomic E-state index is 13.2. The zero-order chi connectivity index (χ0) is 21.7. The quantitative estimate of drug-likeness (QED) is 0.516. The lowest BCUT2D eigenvalue weighted by atomic mass is 10.1. The van der Waals surface area contributed by atoms with Crippen LogP contribution in [0.25, 0.3) is 0 Å². The van der Waals surface area contributed by atoms with Crippen molar-refractivity contribution in [3.05, 3.63) is 94.0 Å². The number of benzene rings is 3. The number of nitrogens with zero attached hydrogens (tertiary/aromatic N) is 1. The monoisotopic (exact) mass is 486 g/mol. The minimum atomic E-state index is -3.85. The maximum absolute atomic E-state index is 13.2. The Bertz CT molecular complexity index is 1110. The van der Waals surface area contributed by atoms with Gasteiger partial charge in [-0.3, -0.25) is 4.79 Å². The molecule has 3 aromatic carbocycles. The van der Waals surface area contributed by atoms with Crippen molar-refractivity contribution in [2.75, 3.05) is 11.9 Å². The van der Waals surface area contributed by atoms with E-state index < -0.39 is 10.0 Å². The van der Waals surface area contributed by atoms with E-state index in [0.29, 0.717) is 5.69 Å². The first-order valence-corrected chi connectivity index (χ1v) is 11.7. The zero-order valence-corrected chi connectivity index (χ0v) is 19.2. The average Bonchev–Trinajstić information content (AvgIpc) is 2.71. The molecule has 3 aromatic rings. The number of rotatable bonds is 7. The van der Waals surface area contributed by atoms with Gasteiger partial charge in [-0.2, -0.15) is 4.31 Å². The standard InChI is InChI=1S/C23H23BrN2O3S/c1-17-13-20(24)14-18(2)23(17)25-22(27)16-26(15-19-9-5-3-6-10-19)30(28,29)21-11-7-4-8-12-21/h3-14H,15-16H2,1-2H3,(H,25,27). The molecule has 156 valence electrons. The van der Waals surface area contributed by atoms with Crippen molar-refractivity contribution in [1.29, 1.82) is 0 Å². The lowest BCUT2D eigenvalue weighted by Crippen LogP contribution is -2.37. The van der Waals surface area contributed by atoms with Crippen LogP contribution in [0.3, 0.4) is 0 Å². The first kappa shape index (κ1) is 22.2. The van der Waals surface area contributed by atoms with Crippen LogP contribution < -0.4 is 5.32 Å². The summed E-state index contributed by atoms with van der Waals surface area (Å²) in [6, 6.07) is 21.2. The Morgan fingerprint density at radius 2 is 1.47 bits per heavy atom. The molecule has 0 unspecified atom stereocenters. The van der Waals surface area contributed by atoms with Crippen LogP contribution in [0.5, 0.6) is 0 Å². The fourth-order valence-corrected chi connectivity index (χ4v) is 5.29. The van der Waals surface area contributed by atoms with Gasteiger partial charge in [-0.15, -0.1) is 0 Å². The molecule has 0 aliphatic rings. The third kappa shape index (κ3) is 5.36. The van der Waals surface area contributed by atoms with E-state index in [0.717, 1.165) is 21.2 Å². The summed E-state index contributed by atoms with van der Waals surface area (Å²) in [4.78, 5) is 13.0. The first-order chi connectivity index (χ1) is 14.3. The highest BCUT2D eigenvalue weighted by Crippen LogP contribution is 2.25. The molecule has 7 heteroatoms. The third-order valence-corrected chi connectivity index (χ3v) is 6.93. The molecule has 0 aliphatic heterocycles. The predicted molar refractivity (Wildman–Crippen MR) is 123 cm³/mol. The maximum Gasteiger partial charge on any atom is 0.243 e. The van der Waals surface area contributed by atoms with Gasteiger partial charge in [-0.1, -0.05) is 64.5 Å². The summed E-state index contributed by atoms with van der Waals surface area (Å²) in [7, 11) is -3.85. The van der Waals surface area contributed by atoms with Crippen LogP contribution in [0.15, 0.2) is 82.2 Å². The minimum absolute atomic E-state index is 0.101. The van der Waals surface area contributed by atoms with Gasteiger partial charge in [0.15, 0.2) is 0 Å². The SMILES string of the molecule is Cc1cc(Br)cc(C)c1NC(=O)CN(Cc1ccccc1)S(=O)(=O)c1ccccc1. The molecule has 0 saturated carbocycles. The van der Waals surface area contributed by atoms with Gasteiger partial charge in [0.2, 0.25) is 15.9 Å². The topological polar surface area (TPSA) is 66.5 Å². The van der Waals surface area contributed by atoms with Gasteiger partial charge < -0.3 is 5.32 Å². The molecule has 3 rings (SSSR count). The second kappa shape index (κ2) is 9.55. The fourth-order valence-electron chi connectivity index (χ4n) is 3.20. The van der Waals surface area contributed by atoms with Gasteiger partial charge in [0.05, 0.1) is 11.4 Å². The molecule has 1 N–H and O–H groups in total. The van der Waals surface area contributed by atoms with Crippen molar-refractivity contribution in [3.8, 4) is 0 Å². The van der Waals surface area contributed by atoms with Crippen LogP contribution in [0.1, 0.15) is 16.7 Å². The highest BCUT2D eigenvalue weighted by molar-refractivity contribution is 9.10. The fraction of sp³-hybridized carbons (Fsp3) is 0.174. The summed E-state index contributed by atoms with van der Waals surface area (Å²) < 4.78 is 28.6. The molecular weight excluding hydrogens is 464 g/mol. The summed E-state index contributed by atoms with van der Waals surface area (Å²) in [5, 5.41) is 2.88. The number of hydrogen-bond acceptors (Lipinski definition) is 3. The third-order valence-electron chi connectivity index (χ3n) is 4.66. The van der Waals surface area contributed by atoms with Gasteiger partial charge in [0.1, 0.15) is 0 Å². The molecule has 0 aliphatic carbocycles. The van der Waals surface area contributed by atoms with E-state index in [4.69, 9.17) is 0 Å². The number of anilines is 1. The Kier molecular flexibility index (Phi) is 7.07. The van der Waals surface area contributed by atoms with E-state index in [1.807, 2.05) is 56.3 Å². The van der Waals surface area contributed by atoms with Crippen LogP contribution >= 0.6 is 15.9 Å². The Balaban J connectivity index is 1.88. The Morgan fingerprint density at radius 1 is 0.933 bits per heavy atom. The molecule has 0 fully saturated rings. The molecule has 0 heterocycles. The number of hydrogen-bond donors (Lipinski definition) is 1. The van der Waals surface area contributed by atoms with Crippen molar-refractivity contribution in [2.24, 2.45) is 0 Å². The smallest absolute Gasteiger partial charge is 0.243 e. The van der Waals surface area contributed by atoms with Gasteiger partial charge in [0, 0.05) is 16.7 Å². The molecule has 0 aromatic heterocycles. The Labute approximate surface area is 185 Å². The van der Waals surface area contributed by atoms with Crippen molar-refractivity contribution in [1.82, 2.24) is 4.31 Å². The van der Waals surface area contributed by atoms with E-state index in [-0.39, 0.29) is 23.9 Å². The summed E-state index contributed by atoms with van der Waals surface area (Å²) in [6.07, 6.45) is 0. The lowest BCUT2D eigenvalue weighted by molar-refractivity contribution is -0.116. The van der Waals surface area contributed by atoms with E-state index in [9.17, 15) is 13.2 Å². The average molecular weight is 487 g/mol. The van der Waals surface area contributed by atoms with Crippen LogP contribution in [-0.2, 0) is 21.4 Å². The molecule has 0 spiro atoms. The highest BCUT2D eigenvalue weighted by Gasteiger charge is 2.27. The molecule has 0 saturated heterocycles. The van der Waals surface area contributed by atoms with Gasteiger partial charge >= 0.3 is 0 Å². The summed E-state index contributed by atoms with van der Waals surface area (Å²) in [5.41, 5.74) is 3.30. The molecule has 30 heavy (non-hydrogen) atoms. The summed E-state index contributed by atoms with van der Waals surface area (Å²) in [5.74, 6) is -0.390. The van der Waals surface area contributed by atoms with Crippen molar-refractivity contribution in [3.63, 3.8) is 0 Å². The molecule has 0 radical (unpaired) electrons. The second-order valence-corrected chi connectivity index (χ2v) is 9.89. The Morgan fingerprint density at radius 3 is 2.03 bits per heavy atom. The summed E-state index contributed by atoms with van der Waals surface area (Å²) >= 11 is 3.44. The molecule has 5 nitrogen and oxygen atoms in total. The molecular formula is C23H23BrN2O3S. The largest absolute Gasteiger partial charge is 0.324 e. The van der Waals surface area contributed by atoms with Gasteiger partial charge in [-0.25, -0.2) is 8.42 Å². The van der Waals surface area contributed by atoms with Crippen molar-refractivity contribution in [2.45, 2.75) is 25.3 Å². The predicted octanol–water partition coefficient (Wildman–Crippen LogP) is 4.90. The first-order valence-electron chi connectivity index (χ1n) is 9.43. The minimum Gasteiger partial charge on any atom is -0.324 e. The normalized spacial score (nSPS) is 11.5. The molecule has 0 bridgehead atoms. The number of carbonyl (C=O) groups is 1. The number of amides is 1. The van der Waals surface area contributed by atoms with E-state index in [1.165, 1.54) is 16.4 Å². The van der Waals surface area contributed by atoms with Gasteiger partial charge in [0.25, 0.3) is 0 Å². The second-order valence-electron chi connectivity index (χ2n) is 7.03. The van der Waals surface area contributed by atoms with Crippen LogP contribution in [-0.4, -0.2) is 25.2 Å². The van der Waals surface area contributed by atoms with Crippen LogP contribution in [0.4, 0.5) is 5.69 Å². The number of nitrogens with one attached hydrogen (secondary N) is 1. The van der Waals surface area contributed by atoms with E-state index in [1.54, 1.807) is 18.2 Å². The number of sulfonamides is 1. The van der Waals surface area contributed by atoms with Gasteiger partial charge in [-0.05, 0) is 54.8 Å². The van der Waals surface area contributed by atoms with E-state index >= 15 is 0 Å². The van der Waals surface area contributed by atoms with Crippen molar-refractivity contribution < 1.29 is 13.2 Å². The number of aryl methyl sites for hydroxylation is 2. The van der Waals surface area contributed by atoms with E-state index in [2.05, 4.69) is 21.2 Å². The Hall–Kier alpha value is -2.48. The van der Waals surface area contributed by atoms with Crippen LogP contribution in [0, 0.1) is 13.8 Å². The molecule has 0 atom stereocenters. The summed E-state index contributed by atoms with van der Waals surface area (Å²) in [6.45, 7) is 3.61. The van der Waals surface area contributed by atoms with Crippen molar-refractivity contribution >= 4 is 37.5 Å².